The van der Waals surface area contributed by atoms with Crippen LogP contribution in [0.4, 0.5) is 13.2 Å². The van der Waals surface area contributed by atoms with E-state index in [2.05, 4.69) is 9.30 Å². The van der Waals surface area contributed by atoms with E-state index in [4.69, 9.17) is 5.11 Å². The normalized spacial score (nSPS) is 11.7. The molecular weight excluding hydrogens is 347 g/mol. The van der Waals surface area contributed by atoms with Gasteiger partial charge in [-0.15, -0.1) is 13.2 Å². The third-order valence-corrected chi connectivity index (χ3v) is 4.09. The maximum absolute atomic E-state index is 12.2. The molecule has 0 amide bonds. The summed E-state index contributed by atoms with van der Waals surface area (Å²) < 4.78 is 42.6. The summed E-state index contributed by atoms with van der Waals surface area (Å²) in [6.07, 6.45) is -4.20. The highest BCUT2D eigenvalue weighted by molar-refractivity contribution is 5.94. The van der Waals surface area contributed by atoms with Crippen LogP contribution in [-0.4, -0.2) is 22.0 Å². The number of hydrogen-bond donors (Lipinski definition) is 1. The number of fused-ring (bicyclic) bond motifs is 1. The summed E-state index contributed by atoms with van der Waals surface area (Å²) in [7, 11) is 0. The minimum absolute atomic E-state index is 0.214. The zero-order valence-electron chi connectivity index (χ0n) is 13.9. The van der Waals surface area contributed by atoms with Crippen molar-refractivity contribution < 1.29 is 27.8 Å². The molecule has 0 bridgehead atoms. The molecule has 26 heavy (non-hydrogen) atoms. The second kappa shape index (κ2) is 6.74. The Morgan fingerprint density at radius 1 is 1.12 bits per heavy atom. The molecule has 3 rings (SSSR count). The molecular formula is C19H16F3NO3. The van der Waals surface area contributed by atoms with Gasteiger partial charge >= 0.3 is 12.3 Å². The molecule has 1 heterocycles. The van der Waals surface area contributed by atoms with E-state index in [1.54, 1.807) is 30.3 Å². The SMILES string of the molecule is CCn1c(Cc2ccc(OC(F)(F)F)cc2)cc2cc(C(=O)O)ccc21. The van der Waals surface area contributed by atoms with Crippen molar-refractivity contribution in [3.63, 3.8) is 0 Å². The second-order valence-corrected chi connectivity index (χ2v) is 5.83. The molecule has 0 aliphatic rings. The van der Waals surface area contributed by atoms with E-state index in [9.17, 15) is 18.0 Å². The van der Waals surface area contributed by atoms with Crippen LogP contribution >= 0.6 is 0 Å². The van der Waals surface area contributed by atoms with Gasteiger partial charge in [0.15, 0.2) is 0 Å². The fourth-order valence-electron chi connectivity index (χ4n) is 3.00. The number of carboxylic acid groups (broad SMARTS) is 1. The van der Waals surface area contributed by atoms with Gasteiger partial charge in [0.05, 0.1) is 5.56 Å². The van der Waals surface area contributed by atoms with Gasteiger partial charge in [-0.1, -0.05) is 12.1 Å². The van der Waals surface area contributed by atoms with Gasteiger partial charge in [0.2, 0.25) is 0 Å². The Balaban J connectivity index is 1.89. The molecule has 4 nitrogen and oxygen atoms in total. The lowest BCUT2D eigenvalue weighted by Gasteiger charge is -2.10. The predicted octanol–water partition coefficient (Wildman–Crippen LogP) is 4.85. The van der Waals surface area contributed by atoms with Crippen molar-refractivity contribution in [3.8, 4) is 5.75 Å². The number of hydrogen-bond acceptors (Lipinski definition) is 2. The molecule has 0 saturated carbocycles. The molecule has 0 fully saturated rings. The Hall–Kier alpha value is -2.96. The average Bonchev–Trinajstić information content (AvgIpc) is 2.91. The van der Waals surface area contributed by atoms with Crippen LogP contribution in [0.5, 0.6) is 5.75 Å². The van der Waals surface area contributed by atoms with Crippen LogP contribution in [0, 0.1) is 0 Å². The van der Waals surface area contributed by atoms with Gasteiger partial charge in [-0.05, 0) is 48.9 Å². The number of aromatic carboxylic acids is 1. The van der Waals surface area contributed by atoms with Gasteiger partial charge < -0.3 is 14.4 Å². The minimum Gasteiger partial charge on any atom is -0.478 e. The number of halogens is 3. The lowest BCUT2D eigenvalue weighted by Crippen LogP contribution is -2.17. The number of aryl methyl sites for hydroxylation is 1. The van der Waals surface area contributed by atoms with E-state index in [0.717, 1.165) is 22.2 Å². The molecule has 136 valence electrons. The first-order valence-electron chi connectivity index (χ1n) is 7.97. The zero-order chi connectivity index (χ0) is 18.9. The third kappa shape index (κ3) is 3.82. The van der Waals surface area contributed by atoms with Crippen LogP contribution in [0.3, 0.4) is 0 Å². The van der Waals surface area contributed by atoms with Gasteiger partial charge in [-0.25, -0.2) is 4.79 Å². The van der Waals surface area contributed by atoms with Crippen LogP contribution in [-0.2, 0) is 13.0 Å². The molecule has 0 saturated heterocycles. The molecule has 2 aromatic carbocycles. The number of nitrogens with zero attached hydrogens (tertiary/aromatic N) is 1. The number of carbonyl (C=O) groups is 1. The molecule has 3 aromatic rings. The summed E-state index contributed by atoms with van der Waals surface area (Å²) in [6.45, 7) is 2.68. The lowest BCUT2D eigenvalue weighted by molar-refractivity contribution is -0.274. The number of alkyl halides is 3. The van der Waals surface area contributed by atoms with Crippen molar-refractivity contribution in [2.45, 2.75) is 26.3 Å². The van der Waals surface area contributed by atoms with E-state index in [0.29, 0.717) is 13.0 Å². The van der Waals surface area contributed by atoms with Crippen LogP contribution in [0.1, 0.15) is 28.5 Å². The predicted molar refractivity (Wildman–Crippen MR) is 90.5 cm³/mol. The quantitative estimate of drug-likeness (QED) is 0.705. The Kier molecular flexibility index (Phi) is 4.63. The Morgan fingerprint density at radius 3 is 2.38 bits per heavy atom. The number of carboxylic acids is 1. The molecule has 1 aromatic heterocycles. The summed E-state index contributed by atoms with van der Waals surface area (Å²) in [6, 6.07) is 12.6. The summed E-state index contributed by atoms with van der Waals surface area (Å²) in [4.78, 5) is 11.1. The molecule has 0 aliphatic carbocycles. The van der Waals surface area contributed by atoms with Gasteiger partial charge in [-0.3, -0.25) is 0 Å². The van der Waals surface area contributed by atoms with Crippen LogP contribution < -0.4 is 4.74 Å². The summed E-state index contributed by atoms with van der Waals surface area (Å²) in [5.41, 5.74) is 2.92. The van der Waals surface area contributed by atoms with Crippen molar-refractivity contribution in [1.29, 1.82) is 0 Å². The van der Waals surface area contributed by atoms with Crippen LogP contribution in [0.2, 0.25) is 0 Å². The minimum atomic E-state index is -4.71. The van der Waals surface area contributed by atoms with Crippen molar-refractivity contribution in [1.82, 2.24) is 4.57 Å². The first-order chi connectivity index (χ1) is 12.3. The van der Waals surface area contributed by atoms with Crippen LogP contribution in [0.15, 0.2) is 48.5 Å². The highest BCUT2D eigenvalue weighted by atomic mass is 19.4. The molecule has 0 unspecified atom stereocenters. The molecule has 7 heteroatoms. The topological polar surface area (TPSA) is 51.5 Å². The fraction of sp³-hybridized carbons (Fsp3) is 0.211. The number of ether oxygens (including phenoxy) is 1. The first kappa shape index (κ1) is 17.8. The largest absolute Gasteiger partial charge is 0.573 e. The number of rotatable bonds is 5. The second-order valence-electron chi connectivity index (χ2n) is 5.83. The molecule has 0 radical (unpaired) electrons. The lowest BCUT2D eigenvalue weighted by atomic mass is 10.1. The van der Waals surface area contributed by atoms with Gasteiger partial charge in [-0.2, -0.15) is 0 Å². The Bertz CT molecular complexity index is 943. The fourth-order valence-corrected chi connectivity index (χ4v) is 3.00. The molecule has 1 N–H and O–H groups in total. The highest BCUT2D eigenvalue weighted by Crippen LogP contribution is 2.26. The van der Waals surface area contributed by atoms with Gasteiger partial charge in [0.1, 0.15) is 5.75 Å². The van der Waals surface area contributed by atoms with E-state index in [1.165, 1.54) is 12.1 Å². The number of benzene rings is 2. The smallest absolute Gasteiger partial charge is 0.478 e. The monoisotopic (exact) mass is 363 g/mol. The van der Waals surface area contributed by atoms with Crippen LogP contribution in [0.25, 0.3) is 10.9 Å². The maximum Gasteiger partial charge on any atom is 0.573 e. The maximum atomic E-state index is 12.2. The Morgan fingerprint density at radius 2 is 1.81 bits per heavy atom. The van der Waals surface area contributed by atoms with Crippen molar-refractivity contribution in [2.75, 3.05) is 0 Å². The molecule has 0 aliphatic heterocycles. The third-order valence-electron chi connectivity index (χ3n) is 4.09. The molecule has 0 spiro atoms. The highest BCUT2D eigenvalue weighted by Gasteiger charge is 2.30. The van der Waals surface area contributed by atoms with Gasteiger partial charge in [0, 0.05) is 29.6 Å². The van der Waals surface area contributed by atoms with Crippen molar-refractivity contribution in [3.05, 3.63) is 65.4 Å². The molecule has 0 atom stereocenters. The summed E-state index contributed by atoms with van der Waals surface area (Å²) >= 11 is 0. The first-order valence-corrected chi connectivity index (χ1v) is 7.97. The standard InChI is InChI=1S/C19H16F3NO3/c1-2-23-15(11-14-10-13(18(24)25)5-8-17(14)23)9-12-3-6-16(7-4-12)26-19(20,21)22/h3-8,10-11H,2,9H2,1H3,(H,24,25). The summed E-state index contributed by atoms with van der Waals surface area (Å²) in [5, 5.41) is 9.94. The zero-order valence-corrected chi connectivity index (χ0v) is 13.9. The Labute approximate surface area is 147 Å². The average molecular weight is 363 g/mol. The van der Waals surface area contributed by atoms with Crippen molar-refractivity contribution >= 4 is 16.9 Å². The van der Waals surface area contributed by atoms with E-state index in [-0.39, 0.29) is 11.3 Å². The van der Waals surface area contributed by atoms with Crippen molar-refractivity contribution in [2.24, 2.45) is 0 Å². The van der Waals surface area contributed by atoms with E-state index in [1.807, 2.05) is 13.0 Å². The summed E-state index contributed by atoms with van der Waals surface area (Å²) in [5.74, 6) is -1.25. The van der Waals surface area contributed by atoms with E-state index < -0.39 is 12.3 Å². The van der Waals surface area contributed by atoms with Gasteiger partial charge in [0.25, 0.3) is 0 Å². The van der Waals surface area contributed by atoms with E-state index >= 15 is 0 Å². The number of aromatic nitrogens is 1.